The Labute approximate surface area is 212 Å². The van der Waals surface area contributed by atoms with Crippen LogP contribution in [0.5, 0.6) is 0 Å². The summed E-state index contributed by atoms with van der Waals surface area (Å²) in [5.74, 6) is 0. The van der Waals surface area contributed by atoms with E-state index in [-0.39, 0.29) is 0 Å². The number of benzene rings is 5. The van der Waals surface area contributed by atoms with Gasteiger partial charge in [0.05, 0.1) is 0 Å². The zero-order valence-electron chi connectivity index (χ0n) is 20.5. The first kappa shape index (κ1) is 19.4. The van der Waals surface area contributed by atoms with Crippen LogP contribution in [0, 0.1) is 6.92 Å². The molecule has 0 saturated heterocycles. The lowest BCUT2D eigenvalue weighted by atomic mass is 9.28. The molecule has 0 N–H and O–H groups in total. The monoisotopic (exact) mass is 456 g/mol. The highest BCUT2D eigenvalue weighted by atomic mass is 14.3. The summed E-state index contributed by atoms with van der Waals surface area (Å²) in [6.45, 7) is 2.68. The Kier molecular flexibility index (Phi) is 3.59. The summed E-state index contributed by atoms with van der Waals surface area (Å²) in [6.07, 6.45) is 4.24. The Morgan fingerprint density at radius 1 is 0.472 bits per heavy atom. The second-order valence-corrected chi connectivity index (χ2v) is 11.3. The number of hydrogen-bond acceptors (Lipinski definition) is 0. The number of rotatable bonds is 1. The fraction of sp³-hybridized carbons (Fsp3) is 0.143. The van der Waals surface area contributed by atoms with Crippen molar-refractivity contribution >= 4 is 23.1 Å². The van der Waals surface area contributed by atoms with Crippen molar-refractivity contribution in [2.24, 2.45) is 0 Å². The van der Waals surface area contributed by atoms with Crippen LogP contribution in [0.3, 0.4) is 0 Å². The normalized spacial score (nSPS) is 14.9. The van der Waals surface area contributed by atoms with Crippen LogP contribution in [0.15, 0.2) is 84.9 Å². The molecule has 1 heteroatoms. The van der Waals surface area contributed by atoms with Crippen molar-refractivity contribution in [3.63, 3.8) is 0 Å². The largest absolute Gasteiger partial charge is 0.243 e. The van der Waals surface area contributed by atoms with Crippen molar-refractivity contribution in [2.75, 3.05) is 0 Å². The van der Waals surface area contributed by atoms with Gasteiger partial charge in [0.2, 0.25) is 6.71 Å². The lowest BCUT2D eigenvalue weighted by Crippen LogP contribution is -2.64. The first-order chi connectivity index (χ1) is 17.7. The first-order valence-corrected chi connectivity index (χ1v) is 13.3. The summed E-state index contributed by atoms with van der Waals surface area (Å²) < 4.78 is 0. The predicted molar refractivity (Wildman–Crippen MR) is 151 cm³/mol. The van der Waals surface area contributed by atoms with Crippen LogP contribution in [-0.4, -0.2) is 6.71 Å². The van der Waals surface area contributed by atoms with Crippen LogP contribution in [0.25, 0.3) is 22.3 Å². The third-order valence-corrected chi connectivity index (χ3v) is 9.47. The van der Waals surface area contributed by atoms with Gasteiger partial charge in [-0.15, -0.1) is 0 Å². The van der Waals surface area contributed by atoms with Crippen molar-refractivity contribution < 1.29 is 0 Å². The van der Waals surface area contributed by atoms with Crippen LogP contribution in [0.4, 0.5) is 0 Å². The highest BCUT2D eigenvalue weighted by Gasteiger charge is 2.41. The number of aryl methyl sites for hydroxylation is 1. The van der Waals surface area contributed by atoms with E-state index in [4.69, 9.17) is 0 Å². The fourth-order valence-corrected chi connectivity index (χ4v) is 8.00. The maximum Gasteiger partial charge on any atom is 0.243 e. The Bertz CT molecular complexity index is 1730. The van der Waals surface area contributed by atoms with E-state index in [1.54, 1.807) is 38.6 Å². The topological polar surface area (TPSA) is 0 Å². The molecule has 0 spiro atoms. The van der Waals surface area contributed by atoms with Gasteiger partial charge in [-0.1, -0.05) is 101 Å². The van der Waals surface area contributed by atoms with E-state index in [1.807, 2.05) is 0 Å². The van der Waals surface area contributed by atoms with E-state index in [0.717, 1.165) is 25.7 Å². The van der Waals surface area contributed by atoms with E-state index in [1.165, 1.54) is 50.1 Å². The molecule has 168 valence electrons. The molecule has 0 fully saturated rings. The molecule has 5 aromatic rings. The van der Waals surface area contributed by atoms with Gasteiger partial charge in [0, 0.05) is 0 Å². The van der Waals surface area contributed by atoms with Crippen molar-refractivity contribution in [3.05, 3.63) is 135 Å². The van der Waals surface area contributed by atoms with Crippen molar-refractivity contribution in [1.82, 2.24) is 0 Å². The van der Waals surface area contributed by atoms with Crippen molar-refractivity contribution in [3.8, 4) is 22.3 Å². The minimum absolute atomic E-state index is 0.422. The molecule has 0 unspecified atom stereocenters. The van der Waals surface area contributed by atoms with Gasteiger partial charge in [0.1, 0.15) is 0 Å². The zero-order valence-corrected chi connectivity index (χ0v) is 20.5. The molecule has 1 aliphatic carbocycles. The lowest BCUT2D eigenvalue weighted by molar-refractivity contribution is 1.10. The molecular weight excluding hydrogens is 431 g/mol. The minimum atomic E-state index is 0.422. The lowest BCUT2D eigenvalue weighted by Gasteiger charge is -2.39. The average molecular weight is 456 g/mol. The average Bonchev–Trinajstić information content (AvgIpc) is 3.29. The SMILES string of the molecule is Cc1cccc2c1Cc1c(-c3cc4c5c(c3)Cc3cccc6c3B5c3c(cccc3C4)C6)cccc1-2. The molecule has 0 bridgehead atoms. The van der Waals surface area contributed by atoms with Gasteiger partial charge in [-0.25, -0.2) is 0 Å². The van der Waals surface area contributed by atoms with E-state index in [9.17, 15) is 0 Å². The molecular formula is C35H25B. The van der Waals surface area contributed by atoms with Crippen LogP contribution in [0.2, 0.25) is 0 Å². The second kappa shape index (κ2) is 6.68. The summed E-state index contributed by atoms with van der Waals surface area (Å²) in [7, 11) is 0. The molecule has 0 amide bonds. The quantitative estimate of drug-likeness (QED) is 0.288. The standard InChI is InChI=1S/C35H25B/c1-20-6-2-12-29-30-13-5-11-28(32(30)19-31(20)29)25-17-26-15-23-9-3-7-21-14-22-8-4-10-24-16-27(18-25)35(26)36(33(21)23)34(22)24/h2-13,17-18H,14-16,19H2,1H3. The number of hydrogen-bond donors (Lipinski definition) is 0. The van der Waals surface area contributed by atoms with E-state index in [0.29, 0.717) is 6.71 Å². The van der Waals surface area contributed by atoms with Gasteiger partial charge in [-0.3, -0.25) is 0 Å². The van der Waals surface area contributed by atoms with Crippen molar-refractivity contribution in [1.29, 1.82) is 0 Å². The van der Waals surface area contributed by atoms with Gasteiger partial charge < -0.3 is 0 Å². The maximum atomic E-state index is 2.54. The molecule has 3 aliphatic heterocycles. The molecule has 0 saturated carbocycles. The van der Waals surface area contributed by atoms with Crippen LogP contribution < -0.4 is 16.4 Å². The van der Waals surface area contributed by atoms with E-state index >= 15 is 0 Å². The van der Waals surface area contributed by atoms with E-state index in [2.05, 4.69) is 91.9 Å². The van der Waals surface area contributed by atoms with Crippen LogP contribution in [0.1, 0.15) is 50.1 Å². The number of fused-ring (bicyclic) bond motifs is 3. The minimum Gasteiger partial charge on any atom is -0.0617 e. The van der Waals surface area contributed by atoms with Gasteiger partial charge >= 0.3 is 0 Å². The molecule has 0 aromatic heterocycles. The third-order valence-electron chi connectivity index (χ3n) is 9.47. The molecule has 5 aromatic carbocycles. The Balaban J connectivity index is 1.28. The van der Waals surface area contributed by atoms with Gasteiger partial charge in [-0.05, 0) is 105 Å². The molecule has 0 atom stereocenters. The van der Waals surface area contributed by atoms with E-state index < -0.39 is 0 Å². The highest BCUT2D eigenvalue weighted by molar-refractivity contribution is 6.98. The molecule has 0 nitrogen and oxygen atoms in total. The zero-order chi connectivity index (χ0) is 23.5. The Hall–Kier alpha value is -3.84. The Morgan fingerprint density at radius 2 is 0.944 bits per heavy atom. The summed E-state index contributed by atoms with van der Waals surface area (Å²) in [4.78, 5) is 0. The predicted octanol–water partition coefficient (Wildman–Crippen LogP) is 5.46. The molecule has 3 heterocycles. The fourth-order valence-electron chi connectivity index (χ4n) is 8.00. The third kappa shape index (κ3) is 2.36. The van der Waals surface area contributed by atoms with Gasteiger partial charge in [0.25, 0.3) is 0 Å². The summed E-state index contributed by atoms with van der Waals surface area (Å²) >= 11 is 0. The summed E-state index contributed by atoms with van der Waals surface area (Å²) in [5.41, 5.74) is 24.2. The molecule has 9 rings (SSSR count). The molecule has 4 aliphatic rings. The van der Waals surface area contributed by atoms with Crippen LogP contribution in [-0.2, 0) is 25.7 Å². The molecule has 36 heavy (non-hydrogen) atoms. The van der Waals surface area contributed by atoms with Gasteiger partial charge in [-0.2, -0.15) is 0 Å². The highest BCUT2D eigenvalue weighted by Crippen LogP contribution is 2.43. The van der Waals surface area contributed by atoms with Crippen LogP contribution >= 0.6 is 0 Å². The summed E-state index contributed by atoms with van der Waals surface area (Å²) in [6, 6.07) is 32.9. The maximum absolute atomic E-state index is 2.54. The second-order valence-electron chi connectivity index (χ2n) is 11.3. The van der Waals surface area contributed by atoms with Crippen molar-refractivity contribution in [2.45, 2.75) is 32.6 Å². The Morgan fingerprint density at radius 3 is 1.58 bits per heavy atom. The summed E-state index contributed by atoms with van der Waals surface area (Å²) in [5, 5.41) is 0. The smallest absolute Gasteiger partial charge is 0.0617 e. The molecule has 0 radical (unpaired) electrons. The van der Waals surface area contributed by atoms with Gasteiger partial charge in [0.15, 0.2) is 0 Å². The first-order valence-electron chi connectivity index (χ1n) is 13.3.